The van der Waals surface area contributed by atoms with Crippen molar-refractivity contribution in [1.82, 2.24) is 4.98 Å². The average Bonchev–Trinajstić information content (AvgIpc) is 3.40. The number of fused-ring (bicyclic) bond motifs is 2. The summed E-state index contributed by atoms with van der Waals surface area (Å²) in [5.41, 5.74) is 7.69. The standard InChI is InChI=1S/C32H16N4S/c33-17-20-1-3-27-15-26(9-8-25(27)11-20)23-4-6-24(7-5-23)28-12-22(19-35)13-29(16-28)32-36-30-10-2-21(18-34)14-31(30)37-32/h1-16H. The molecule has 0 bridgehead atoms. The van der Waals surface area contributed by atoms with E-state index in [1.807, 2.05) is 48.5 Å². The molecule has 0 N–H and O–H groups in total. The highest BCUT2D eigenvalue weighted by atomic mass is 32.1. The van der Waals surface area contributed by atoms with Crippen molar-refractivity contribution in [2.45, 2.75) is 0 Å². The molecule has 0 aliphatic carbocycles. The first-order valence-corrected chi connectivity index (χ1v) is 12.4. The first-order chi connectivity index (χ1) is 18.1. The molecule has 6 rings (SSSR count). The van der Waals surface area contributed by atoms with E-state index in [0.29, 0.717) is 16.7 Å². The maximum atomic E-state index is 9.68. The fraction of sp³-hybridized carbons (Fsp3) is 0. The third-order valence-electron chi connectivity index (χ3n) is 6.35. The van der Waals surface area contributed by atoms with E-state index < -0.39 is 0 Å². The van der Waals surface area contributed by atoms with E-state index in [1.165, 1.54) is 11.3 Å². The second kappa shape index (κ2) is 9.06. The number of benzene rings is 5. The van der Waals surface area contributed by atoms with Crippen molar-refractivity contribution in [2.75, 3.05) is 0 Å². The van der Waals surface area contributed by atoms with Crippen LogP contribution in [0.2, 0.25) is 0 Å². The summed E-state index contributed by atoms with van der Waals surface area (Å²) < 4.78 is 0.946. The fourth-order valence-electron chi connectivity index (χ4n) is 4.45. The van der Waals surface area contributed by atoms with Gasteiger partial charge in [0.15, 0.2) is 0 Å². The van der Waals surface area contributed by atoms with Gasteiger partial charge in [0, 0.05) is 5.56 Å². The van der Waals surface area contributed by atoms with E-state index >= 15 is 0 Å². The van der Waals surface area contributed by atoms with Gasteiger partial charge in [-0.2, -0.15) is 15.8 Å². The van der Waals surface area contributed by atoms with Crippen molar-refractivity contribution in [3.63, 3.8) is 0 Å². The van der Waals surface area contributed by atoms with Crippen LogP contribution < -0.4 is 0 Å². The minimum atomic E-state index is 0.569. The van der Waals surface area contributed by atoms with Gasteiger partial charge in [0.2, 0.25) is 0 Å². The number of aromatic nitrogens is 1. The van der Waals surface area contributed by atoms with Crippen LogP contribution in [0.25, 0.3) is 53.8 Å². The Hall–Kier alpha value is -5.28. The predicted octanol–water partition coefficient (Wildman–Crippen LogP) is 8.07. The molecule has 0 fully saturated rings. The lowest BCUT2D eigenvalue weighted by Crippen LogP contribution is -1.86. The van der Waals surface area contributed by atoms with E-state index in [2.05, 4.69) is 60.7 Å². The maximum Gasteiger partial charge on any atom is 0.124 e. The third kappa shape index (κ3) is 4.19. The number of thiazole rings is 1. The Labute approximate surface area is 217 Å². The zero-order valence-electron chi connectivity index (χ0n) is 19.4. The summed E-state index contributed by atoms with van der Waals surface area (Å²) in [6, 6.07) is 38.2. The highest BCUT2D eigenvalue weighted by Gasteiger charge is 2.11. The topological polar surface area (TPSA) is 84.3 Å². The van der Waals surface area contributed by atoms with Crippen molar-refractivity contribution in [1.29, 1.82) is 15.8 Å². The molecule has 37 heavy (non-hydrogen) atoms. The third-order valence-corrected chi connectivity index (χ3v) is 7.41. The van der Waals surface area contributed by atoms with Crippen molar-refractivity contribution in [2.24, 2.45) is 0 Å². The van der Waals surface area contributed by atoms with Gasteiger partial charge in [0.25, 0.3) is 0 Å². The molecule has 0 radical (unpaired) electrons. The summed E-state index contributed by atoms with van der Waals surface area (Å²) in [5, 5.41) is 31.0. The first-order valence-electron chi connectivity index (χ1n) is 11.5. The lowest BCUT2D eigenvalue weighted by atomic mass is 9.96. The summed E-state index contributed by atoms with van der Waals surface area (Å²) in [5.74, 6) is 0. The fourth-order valence-corrected chi connectivity index (χ4v) is 5.44. The molecule has 5 aromatic carbocycles. The Kier molecular flexibility index (Phi) is 5.44. The van der Waals surface area contributed by atoms with Gasteiger partial charge in [0.1, 0.15) is 5.01 Å². The number of nitrogens with zero attached hydrogens (tertiary/aromatic N) is 4. The number of rotatable bonds is 3. The molecule has 0 saturated carbocycles. The van der Waals surface area contributed by atoms with Crippen LogP contribution in [0.4, 0.5) is 0 Å². The second-order valence-electron chi connectivity index (χ2n) is 8.69. The smallest absolute Gasteiger partial charge is 0.124 e. The Balaban J connectivity index is 1.36. The van der Waals surface area contributed by atoms with Gasteiger partial charge in [-0.3, -0.25) is 0 Å². The largest absolute Gasteiger partial charge is 0.236 e. The summed E-state index contributed by atoms with van der Waals surface area (Å²) >= 11 is 1.52. The molecule has 1 aromatic heterocycles. The molecule has 170 valence electrons. The van der Waals surface area contributed by atoms with Crippen LogP contribution >= 0.6 is 11.3 Å². The van der Waals surface area contributed by atoms with Crippen molar-refractivity contribution >= 4 is 32.3 Å². The Bertz CT molecular complexity index is 1960. The Morgan fingerprint density at radius 3 is 1.84 bits per heavy atom. The Morgan fingerprint density at radius 1 is 0.486 bits per heavy atom. The molecule has 0 amide bonds. The second-order valence-corrected chi connectivity index (χ2v) is 9.72. The molecule has 0 atom stereocenters. The van der Waals surface area contributed by atoms with Crippen LogP contribution in [0.1, 0.15) is 16.7 Å². The molecule has 5 heteroatoms. The van der Waals surface area contributed by atoms with Crippen LogP contribution in [0, 0.1) is 34.0 Å². The van der Waals surface area contributed by atoms with Crippen LogP contribution in [0.15, 0.2) is 97.1 Å². The molecule has 0 aliphatic heterocycles. The summed E-state index contributed by atoms with van der Waals surface area (Å²) in [7, 11) is 0. The number of hydrogen-bond donors (Lipinski definition) is 0. The van der Waals surface area contributed by atoms with Gasteiger partial charge in [0.05, 0.1) is 45.1 Å². The molecular weight excluding hydrogens is 472 g/mol. The number of nitriles is 3. The van der Waals surface area contributed by atoms with Gasteiger partial charge in [-0.05, 0) is 87.6 Å². The van der Waals surface area contributed by atoms with Crippen LogP contribution in [-0.2, 0) is 0 Å². The Morgan fingerprint density at radius 2 is 1.08 bits per heavy atom. The molecule has 1 heterocycles. The quantitative estimate of drug-likeness (QED) is 0.252. The van der Waals surface area contributed by atoms with Crippen molar-refractivity contribution in [3.05, 3.63) is 114 Å². The van der Waals surface area contributed by atoms with Gasteiger partial charge in [-0.25, -0.2) is 4.98 Å². The van der Waals surface area contributed by atoms with E-state index in [4.69, 9.17) is 10.2 Å². The van der Waals surface area contributed by atoms with Gasteiger partial charge >= 0.3 is 0 Å². The zero-order valence-corrected chi connectivity index (χ0v) is 20.3. The average molecular weight is 489 g/mol. The van der Waals surface area contributed by atoms with Crippen LogP contribution in [0.5, 0.6) is 0 Å². The first kappa shape index (κ1) is 22.2. The normalized spacial score (nSPS) is 10.6. The minimum absolute atomic E-state index is 0.569. The maximum absolute atomic E-state index is 9.68. The van der Waals surface area contributed by atoms with Crippen LogP contribution in [0.3, 0.4) is 0 Å². The monoisotopic (exact) mass is 488 g/mol. The molecule has 4 nitrogen and oxygen atoms in total. The summed E-state index contributed by atoms with van der Waals surface area (Å²) in [6.07, 6.45) is 0. The SMILES string of the molecule is N#Cc1cc(-c2ccc(-c3ccc4cc(C#N)ccc4c3)cc2)cc(-c2nc3ccc(C#N)cc3s2)c1. The molecule has 6 aromatic rings. The van der Waals surface area contributed by atoms with Crippen LogP contribution in [-0.4, -0.2) is 4.98 Å². The molecule has 0 saturated heterocycles. The highest BCUT2D eigenvalue weighted by molar-refractivity contribution is 7.21. The van der Waals surface area contributed by atoms with E-state index in [-0.39, 0.29) is 0 Å². The lowest BCUT2D eigenvalue weighted by Gasteiger charge is -2.08. The zero-order chi connectivity index (χ0) is 25.4. The summed E-state index contributed by atoms with van der Waals surface area (Å²) in [4.78, 5) is 4.74. The predicted molar refractivity (Wildman–Crippen MR) is 148 cm³/mol. The van der Waals surface area contributed by atoms with Gasteiger partial charge in [-0.15, -0.1) is 11.3 Å². The number of hydrogen-bond acceptors (Lipinski definition) is 5. The minimum Gasteiger partial charge on any atom is -0.236 e. The van der Waals surface area contributed by atoms with Gasteiger partial charge < -0.3 is 0 Å². The molecule has 0 unspecified atom stereocenters. The van der Waals surface area contributed by atoms with Crippen molar-refractivity contribution in [3.8, 4) is 51.0 Å². The van der Waals surface area contributed by atoms with Gasteiger partial charge in [-0.1, -0.05) is 42.5 Å². The molecular formula is C32H16N4S. The van der Waals surface area contributed by atoms with E-state index in [9.17, 15) is 10.5 Å². The summed E-state index contributed by atoms with van der Waals surface area (Å²) in [6.45, 7) is 0. The van der Waals surface area contributed by atoms with E-state index in [1.54, 1.807) is 6.07 Å². The van der Waals surface area contributed by atoms with Crippen molar-refractivity contribution < 1.29 is 0 Å². The lowest BCUT2D eigenvalue weighted by molar-refractivity contribution is 1.44. The highest BCUT2D eigenvalue weighted by Crippen LogP contribution is 2.35. The molecule has 0 aliphatic rings. The molecule has 0 spiro atoms. The van der Waals surface area contributed by atoms with E-state index in [0.717, 1.165) is 53.8 Å².